The van der Waals surface area contributed by atoms with Gasteiger partial charge >= 0.3 is 5.97 Å². The third-order valence-electron chi connectivity index (χ3n) is 19.7. The Morgan fingerprint density at radius 2 is 1.24 bits per heavy atom. The Morgan fingerprint density at radius 1 is 0.747 bits per heavy atom. The highest BCUT2D eigenvalue weighted by Gasteiger charge is 2.48. The van der Waals surface area contributed by atoms with Gasteiger partial charge in [-0.05, 0) is 123 Å². The number of cyclic esters (lactones) is 1. The number of ether oxygens (including phenoxy) is 3. The molecule has 460 valence electrons. The fourth-order valence-electron chi connectivity index (χ4n) is 13.0. The Morgan fingerprint density at radius 3 is 1.67 bits per heavy atom. The van der Waals surface area contributed by atoms with Gasteiger partial charge in [-0.15, -0.1) is 0 Å². The predicted octanol–water partition coefficient (Wildman–Crippen LogP) is 17.7. The van der Waals surface area contributed by atoms with Crippen LogP contribution in [0.15, 0.2) is 59.4 Å². The number of ketones is 1. The highest BCUT2D eigenvalue weighted by atomic mass is 28.4. The number of Topliss-reactive ketones (excluding diaryl/α,β-unsaturated/α-hetero) is 1. The van der Waals surface area contributed by atoms with Crippen LogP contribution in [0.3, 0.4) is 0 Å². The zero-order valence-electron chi connectivity index (χ0n) is 55.5. The number of aliphatic hydroxyl groups is 1. The van der Waals surface area contributed by atoms with Crippen LogP contribution in [0.4, 0.5) is 0 Å². The van der Waals surface area contributed by atoms with Crippen molar-refractivity contribution in [1.29, 1.82) is 0 Å². The zero-order chi connectivity index (χ0) is 60.6. The van der Waals surface area contributed by atoms with Crippen LogP contribution in [0, 0.1) is 35.5 Å². The number of hydrogen-bond donors (Lipinski definition) is 1. The lowest BCUT2D eigenvalue weighted by Crippen LogP contribution is -2.53. The zero-order valence-corrected chi connectivity index (χ0v) is 59.5. The largest absolute Gasteiger partial charge is 0.490 e. The smallest absolute Gasteiger partial charge is 0.373 e. The van der Waals surface area contributed by atoms with Crippen LogP contribution in [-0.4, -0.2) is 107 Å². The fourth-order valence-corrected chi connectivity index (χ4v) is 26.3. The molecule has 1 aliphatic rings. The van der Waals surface area contributed by atoms with Gasteiger partial charge in [0, 0.05) is 37.2 Å². The first kappa shape index (κ1) is 75.3. The lowest BCUT2D eigenvalue weighted by atomic mass is 9.79. The standard InChI is InChI=1S/C65H124O10Si4/c1-26-39-58(72-78(34-9,35-10)46(13)14)52(21)56(66)45-57(67)53(22)63(75-79(36-11,37-12)47(15)16)54(23)64-59(69-24)41-38-40-48(17)42-50(19)61(73-76(28-3,29-4)30-5)55(27-2)62(74-77(31-6,32-7)33-8)51(20)43-49(18)44-60(70-25)65(68)71-64/h26,38-41,43-44,46-47,50-56,58-59,61-64,66H,27-37,42,45H2,1-25H3/b39-26+,41-38+,48-40+,49-43+,60-44-/t50-,51-,52+,53-,54+,55+,56-,58-,59+,61+,62-,63+,64-/m1/s1. The molecule has 0 unspecified atom stereocenters. The molecular formula is C65H124O10Si4. The van der Waals surface area contributed by atoms with Crippen molar-refractivity contribution in [2.75, 3.05) is 14.2 Å². The van der Waals surface area contributed by atoms with Crippen molar-refractivity contribution in [1.82, 2.24) is 0 Å². The fraction of sp³-hybridized carbons (Fsp3) is 0.815. The van der Waals surface area contributed by atoms with E-state index in [1.165, 1.54) is 12.7 Å². The summed E-state index contributed by atoms with van der Waals surface area (Å²) in [5, 5.41) is 12.1. The molecule has 0 bridgehead atoms. The average molecular weight is 1180 g/mol. The Labute approximate surface area is 491 Å². The summed E-state index contributed by atoms with van der Waals surface area (Å²) in [6.45, 7) is 50.8. The first-order chi connectivity index (χ1) is 37.2. The van der Waals surface area contributed by atoms with Gasteiger partial charge in [0.05, 0.1) is 37.6 Å². The second-order valence-electron chi connectivity index (χ2n) is 24.6. The molecule has 0 aromatic carbocycles. The molecule has 1 rings (SSSR count). The van der Waals surface area contributed by atoms with Crippen molar-refractivity contribution in [2.24, 2.45) is 35.5 Å². The summed E-state index contributed by atoms with van der Waals surface area (Å²) >= 11 is 0. The van der Waals surface area contributed by atoms with E-state index in [0.29, 0.717) is 5.54 Å². The summed E-state index contributed by atoms with van der Waals surface area (Å²) in [6, 6.07) is 9.96. The number of carbonyl (C=O) groups is 2. The molecule has 0 aromatic heterocycles. The monoisotopic (exact) mass is 1180 g/mol. The summed E-state index contributed by atoms with van der Waals surface area (Å²) in [6.07, 6.45) is 12.2. The molecule has 0 aliphatic carbocycles. The maximum Gasteiger partial charge on any atom is 0.373 e. The van der Waals surface area contributed by atoms with Gasteiger partial charge in [0.25, 0.3) is 0 Å². The topological polar surface area (TPSA) is 119 Å². The van der Waals surface area contributed by atoms with Crippen LogP contribution < -0.4 is 0 Å². The van der Waals surface area contributed by atoms with E-state index in [9.17, 15) is 14.7 Å². The molecular weight excluding hydrogens is 1050 g/mol. The minimum atomic E-state index is -2.52. The molecule has 1 aliphatic heterocycles. The van der Waals surface area contributed by atoms with E-state index >= 15 is 0 Å². The Kier molecular flexibility index (Phi) is 34.5. The molecule has 0 amide bonds. The number of hydrogen-bond acceptors (Lipinski definition) is 10. The van der Waals surface area contributed by atoms with Crippen LogP contribution in [0.2, 0.25) is 71.5 Å². The molecule has 1 N–H and O–H groups in total. The average Bonchev–Trinajstić information content (AvgIpc) is 3.45. The lowest BCUT2D eigenvalue weighted by Gasteiger charge is -2.46. The number of rotatable bonds is 32. The van der Waals surface area contributed by atoms with Crippen molar-refractivity contribution in [3.05, 3.63) is 59.4 Å². The second-order valence-corrected chi connectivity index (χ2v) is 44.0. The van der Waals surface area contributed by atoms with Gasteiger partial charge in [0.1, 0.15) is 18.0 Å². The maximum absolute atomic E-state index is 15.0. The minimum absolute atomic E-state index is 0.0131. The molecule has 0 radical (unpaired) electrons. The number of methoxy groups -OCH3 is 2. The lowest BCUT2D eigenvalue weighted by molar-refractivity contribution is -0.161. The van der Waals surface area contributed by atoms with E-state index in [1.807, 2.05) is 58.9 Å². The third-order valence-corrected chi connectivity index (χ3v) is 39.5. The van der Waals surface area contributed by atoms with Crippen molar-refractivity contribution in [3.8, 4) is 0 Å². The summed E-state index contributed by atoms with van der Waals surface area (Å²) in [4.78, 5) is 29.9. The molecule has 13 atom stereocenters. The Balaban J connectivity index is 4.36. The number of allylic oxidation sites excluding steroid dienone is 6. The summed E-state index contributed by atoms with van der Waals surface area (Å²) in [5.41, 5.74) is 2.72. The van der Waals surface area contributed by atoms with Crippen LogP contribution in [0.1, 0.15) is 179 Å². The highest BCUT2D eigenvalue weighted by Crippen LogP contribution is 2.42. The van der Waals surface area contributed by atoms with Crippen LogP contribution >= 0.6 is 0 Å². The molecule has 1 heterocycles. The normalized spacial score (nSPS) is 26.9. The van der Waals surface area contributed by atoms with E-state index in [4.69, 9.17) is 31.9 Å². The van der Waals surface area contributed by atoms with E-state index in [0.717, 1.165) is 78.9 Å². The van der Waals surface area contributed by atoms with Crippen molar-refractivity contribution < 1.29 is 46.6 Å². The minimum Gasteiger partial charge on any atom is -0.490 e. The highest BCUT2D eigenvalue weighted by molar-refractivity contribution is 6.75. The number of esters is 1. The van der Waals surface area contributed by atoms with E-state index < -0.39 is 75.5 Å². The molecule has 79 heavy (non-hydrogen) atoms. The molecule has 0 aromatic rings. The molecule has 0 saturated heterocycles. The molecule has 10 nitrogen and oxygen atoms in total. The van der Waals surface area contributed by atoms with Crippen molar-refractivity contribution in [2.45, 2.75) is 293 Å². The Bertz CT molecular complexity index is 1900. The van der Waals surface area contributed by atoms with Gasteiger partial charge in [0.2, 0.25) is 5.76 Å². The van der Waals surface area contributed by atoms with Gasteiger partial charge in [-0.3, -0.25) is 4.79 Å². The molecule has 0 fully saturated rings. The summed E-state index contributed by atoms with van der Waals surface area (Å²) < 4.78 is 49.1. The molecule has 14 heteroatoms. The van der Waals surface area contributed by atoms with Gasteiger partial charge in [-0.25, -0.2) is 4.79 Å². The van der Waals surface area contributed by atoms with E-state index in [-0.39, 0.29) is 65.5 Å². The van der Waals surface area contributed by atoms with Crippen LogP contribution in [0.25, 0.3) is 0 Å². The van der Waals surface area contributed by atoms with Gasteiger partial charge in [-0.2, -0.15) is 0 Å². The van der Waals surface area contributed by atoms with E-state index in [1.54, 1.807) is 13.2 Å². The van der Waals surface area contributed by atoms with E-state index in [2.05, 4.69) is 137 Å². The van der Waals surface area contributed by atoms with Gasteiger partial charge in [-0.1, -0.05) is 186 Å². The quantitative estimate of drug-likeness (QED) is 0.0396. The third kappa shape index (κ3) is 20.5. The second kappa shape index (κ2) is 36.2. The Hall–Kier alpha value is -1.73. The first-order valence-corrected chi connectivity index (χ1v) is 41.6. The van der Waals surface area contributed by atoms with Crippen molar-refractivity contribution in [3.63, 3.8) is 0 Å². The van der Waals surface area contributed by atoms with Crippen molar-refractivity contribution >= 4 is 45.0 Å². The van der Waals surface area contributed by atoms with Gasteiger partial charge in [0.15, 0.2) is 33.3 Å². The SMILES string of the molecule is C/C=C/[C@@H](O[Si](CC)(CC)C(C)C)[C@@H](C)[C@H](O)CC(=O)[C@@H](C)[C@H](O[Si](CC)(CC)C(C)C)[C@H](C)[C@H]1OC(=O)/C(OC)=C/C(C)=C/[C@@H](C)[C@@H](O[Si](CC)(CC)CC)[C@@H](CC)[C@@H](O[Si](CC)(CC)CC)[C@H](C)C/C(C)=C/C=C/[C@@H]1OC. The maximum atomic E-state index is 15.0. The van der Waals surface area contributed by atoms with Crippen LogP contribution in [-0.2, 0) is 41.5 Å². The molecule has 0 saturated carbocycles. The number of carbonyl (C=O) groups excluding carboxylic acids is 2. The summed E-state index contributed by atoms with van der Waals surface area (Å²) in [7, 11) is -5.72. The number of aliphatic hydroxyl groups excluding tert-OH is 1. The predicted molar refractivity (Wildman–Crippen MR) is 345 cm³/mol. The van der Waals surface area contributed by atoms with Crippen LogP contribution in [0.5, 0.6) is 0 Å². The van der Waals surface area contributed by atoms with Gasteiger partial charge < -0.3 is 37.0 Å². The molecule has 0 spiro atoms. The first-order valence-electron chi connectivity index (χ1n) is 31.7. The summed E-state index contributed by atoms with van der Waals surface area (Å²) in [5.74, 6) is -1.89.